The summed E-state index contributed by atoms with van der Waals surface area (Å²) >= 11 is 1.17. The van der Waals surface area contributed by atoms with Crippen LogP contribution in [-0.4, -0.2) is 25.8 Å². The first-order chi connectivity index (χ1) is 6.22. The molecule has 0 spiro atoms. The van der Waals surface area contributed by atoms with Gasteiger partial charge < -0.3 is 0 Å². The first-order valence-electron chi connectivity index (χ1n) is 4.35. The first-order valence-corrected chi connectivity index (χ1v) is 7.10. The number of hydrogen-bond acceptors (Lipinski definition) is 1. The molecule has 2 aromatic rings. The van der Waals surface area contributed by atoms with Crippen molar-refractivity contribution in [1.29, 1.82) is 0 Å². The maximum absolute atomic E-state index is 5.76. The van der Waals surface area contributed by atoms with E-state index < -0.39 is 0 Å². The molecule has 0 N–H and O–H groups in total. The number of benzene rings is 1. The number of rotatable bonds is 1. The fourth-order valence-electron chi connectivity index (χ4n) is 1.48. The number of furan rings is 1. The van der Waals surface area contributed by atoms with E-state index in [1.807, 2.05) is 0 Å². The van der Waals surface area contributed by atoms with Crippen molar-refractivity contribution in [3.63, 3.8) is 0 Å². The molecule has 2 rings (SSSR count). The molecule has 65 valence electrons. The monoisotopic (exact) mass is 367 g/mol. The molecule has 1 aromatic heterocycles. The topological polar surface area (TPSA) is 13.1 Å². The van der Waals surface area contributed by atoms with Crippen LogP contribution < -0.4 is 0 Å². The van der Waals surface area contributed by atoms with E-state index in [1.165, 1.54) is 42.3 Å². The first kappa shape index (κ1) is 9.25. The molecule has 1 aromatic carbocycles. The number of aryl methyl sites for hydroxylation is 2. The van der Waals surface area contributed by atoms with Crippen molar-refractivity contribution >= 4 is 36.7 Å². The molecule has 0 aliphatic heterocycles. The quantitative estimate of drug-likeness (QED) is 0.708. The zero-order valence-electron chi connectivity index (χ0n) is 7.85. The summed E-state index contributed by atoms with van der Waals surface area (Å²) in [5.41, 5.74) is 3.66. The summed E-state index contributed by atoms with van der Waals surface area (Å²) in [5.74, 6) is 1.13. The summed E-state index contributed by atoms with van der Waals surface area (Å²) in [6.45, 7) is 4.25. The van der Waals surface area contributed by atoms with Crippen LogP contribution in [0.5, 0.6) is 0 Å². The van der Waals surface area contributed by atoms with Crippen molar-refractivity contribution in [2.24, 2.45) is 0 Å². The van der Waals surface area contributed by atoms with E-state index >= 15 is 0 Å². The second-order valence-corrected chi connectivity index (χ2v) is 4.69. The Kier molecular flexibility index (Phi) is 2.45. The van der Waals surface area contributed by atoms with Crippen LogP contribution in [0.15, 0.2) is 22.6 Å². The summed E-state index contributed by atoms with van der Waals surface area (Å²) < 4.78 is 6.87. The summed E-state index contributed by atoms with van der Waals surface area (Å²) in [5, 5.41) is 1.24. The maximum atomic E-state index is 5.76. The Bertz CT molecular complexity index is 443. The van der Waals surface area contributed by atoms with Crippen molar-refractivity contribution in [3.8, 4) is 0 Å². The van der Waals surface area contributed by atoms with Crippen LogP contribution in [0.2, 0.25) is 0 Å². The third-order valence-corrected chi connectivity index (χ3v) is 3.79. The van der Waals surface area contributed by atoms with Crippen LogP contribution in [-0.2, 0) is 3.98 Å². The van der Waals surface area contributed by atoms with Gasteiger partial charge in [0.15, 0.2) is 0 Å². The summed E-state index contributed by atoms with van der Waals surface area (Å²) in [4.78, 5) is 0. The third kappa shape index (κ3) is 1.54. The van der Waals surface area contributed by atoms with Gasteiger partial charge in [0.1, 0.15) is 0 Å². The molecule has 0 saturated carbocycles. The van der Waals surface area contributed by atoms with Crippen LogP contribution in [0.1, 0.15) is 16.9 Å². The molecule has 2 heteroatoms. The Balaban J connectivity index is 2.76. The van der Waals surface area contributed by atoms with Gasteiger partial charge in [-0.25, -0.2) is 0 Å². The summed E-state index contributed by atoms with van der Waals surface area (Å²) in [7, 11) is 0. The molecule has 13 heavy (non-hydrogen) atoms. The molecule has 0 unspecified atom stereocenters. The Morgan fingerprint density at radius 1 is 1.31 bits per heavy atom. The van der Waals surface area contributed by atoms with Gasteiger partial charge in [-0.3, -0.25) is 0 Å². The molecule has 0 fully saturated rings. The number of hydrogen-bond donors (Lipinski definition) is 0. The van der Waals surface area contributed by atoms with E-state index in [1.54, 1.807) is 0 Å². The van der Waals surface area contributed by atoms with Crippen molar-refractivity contribution in [3.05, 3.63) is 35.1 Å². The molecule has 1 nitrogen and oxygen atoms in total. The predicted molar refractivity (Wildman–Crippen MR) is 55.1 cm³/mol. The Hall–Kier alpha value is -0.318. The van der Waals surface area contributed by atoms with E-state index in [0.717, 1.165) is 15.3 Å². The van der Waals surface area contributed by atoms with E-state index in [4.69, 9.17) is 4.42 Å². The van der Waals surface area contributed by atoms with Crippen LogP contribution in [0.4, 0.5) is 0 Å². The van der Waals surface area contributed by atoms with Crippen molar-refractivity contribution in [1.82, 2.24) is 0 Å². The Morgan fingerprint density at radius 2 is 2.08 bits per heavy atom. The fraction of sp³-hybridized carbons (Fsp3) is 0.273. The van der Waals surface area contributed by atoms with Gasteiger partial charge in [-0.1, -0.05) is 0 Å². The minimum atomic E-state index is 1.07. The molecule has 0 saturated heterocycles. The predicted octanol–water partition coefficient (Wildman–Crippen LogP) is 2.72. The zero-order valence-corrected chi connectivity index (χ0v) is 11.7. The molecule has 0 bridgehead atoms. The SMILES string of the molecule is Cc1ccc2cc([CH2][Pb])oc2c1C. The molecule has 0 atom stereocenters. The summed E-state index contributed by atoms with van der Waals surface area (Å²) in [6.07, 6.45) is 0. The van der Waals surface area contributed by atoms with Gasteiger partial charge in [0, 0.05) is 0 Å². The van der Waals surface area contributed by atoms with Crippen LogP contribution >= 0.6 is 0 Å². The Morgan fingerprint density at radius 3 is 2.77 bits per heavy atom. The van der Waals surface area contributed by atoms with Gasteiger partial charge in [0.25, 0.3) is 0 Å². The van der Waals surface area contributed by atoms with E-state index in [2.05, 4.69) is 32.0 Å². The van der Waals surface area contributed by atoms with Gasteiger partial charge in [0.2, 0.25) is 0 Å². The average Bonchev–Trinajstić information content (AvgIpc) is 2.55. The van der Waals surface area contributed by atoms with Gasteiger partial charge in [-0.15, -0.1) is 0 Å². The molecule has 0 aliphatic rings. The fourth-order valence-corrected chi connectivity index (χ4v) is 2.16. The van der Waals surface area contributed by atoms with Gasteiger partial charge in [-0.05, 0) is 0 Å². The molecular formula is C11H11OPb. The third-order valence-electron chi connectivity index (χ3n) is 2.43. The molecule has 1 heterocycles. The Labute approximate surface area is 93.8 Å². The zero-order chi connectivity index (χ0) is 9.42. The van der Waals surface area contributed by atoms with Crippen LogP contribution in [0, 0.1) is 13.8 Å². The van der Waals surface area contributed by atoms with Crippen molar-refractivity contribution in [2.45, 2.75) is 17.8 Å². The minimum absolute atomic E-state index is 1.07. The molecule has 0 aliphatic carbocycles. The second kappa shape index (κ2) is 3.44. The average molecular weight is 366 g/mol. The molecular weight excluding hydrogens is 355 g/mol. The van der Waals surface area contributed by atoms with Gasteiger partial charge in [-0.2, -0.15) is 0 Å². The molecule has 0 amide bonds. The summed E-state index contributed by atoms with van der Waals surface area (Å²) in [6, 6.07) is 6.46. The number of fused-ring (bicyclic) bond motifs is 1. The van der Waals surface area contributed by atoms with Crippen molar-refractivity contribution in [2.75, 3.05) is 0 Å². The molecule has 3 radical (unpaired) electrons. The van der Waals surface area contributed by atoms with E-state index in [-0.39, 0.29) is 0 Å². The van der Waals surface area contributed by atoms with Gasteiger partial charge >= 0.3 is 94.1 Å². The van der Waals surface area contributed by atoms with E-state index in [0.29, 0.717) is 0 Å². The van der Waals surface area contributed by atoms with E-state index in [9.17, 15) is 0 Å². The van der Waals surface area contributed by atoms with Crippen LogP contribution in [0.3, 0.4) is 0 Å². The normalized spacial score (nSPS) is 11.0. The van der Waals surface area contributed by atoms with Crippen LogP contribution in [0.25, 0.3) is 11.0 Å². The standard InChI is InChI=1S/C11H11O.Pb/c1-7-4-5-10-6-8(2)12-11(10)9(7)3;/h4-6H,2H2,1,3H3;. The van der Waals surface area contributed by atoms with Gasteiger partial charge in [0.05, 0.1) is 0 Å². The second-order valence-electron chi connectivity index (χ2n) is 3.32. The van der Waals surface area contributed by atoms with Crippen molar-refractivity contribution < 1.29 is 4.42 Å².